The Morgan fingerprint density at radius 1 is 1.45 bits per heavy atom. The number of benzene rings is 1. The molecule has 2 heterocycles. The second-order valence-corrected chi connectivity index (χ2v) is 6.34. The summed E-state index contributed by atoms with van der Waals surface area (Å²) in [6.07, 6.45) is 0. The zero-order valence-electron chi connectivity index (χ0n) is 11.5. The number of rotatable bonds is 2. The van der Waals surface area contributed by atoms with Crippen LogP contribution in [0.25, 0.3) is 0 Å². The molecule has 1 atom stereocenters. The summed E-state index contributed by atoms with van der Waals surface area (Å²) in [5, 5.41) is 6.36. The van der Waals surface area contributed by atoms with Gasteiger partial charge in [-0.05, 0) is 25.2 Å². The van der Waals surface area contributed by atoms with Gasteiger partial charge in [0, 0.05) is 36.7 Å². The SMILES string of the molecule is CN1CCNCC1CN1CC(=O)Nc2cc(Br)ccc21. The molecular weight excluding hydrogens is 320 g/mol. The molecular formula is C14H19BrN4O. The van der Waals surface area contributed by atoms with Gasteiger partial charge in [0.15, 0.2) is 0 Å². The molecule has 1 saturated heterocycles. The van der Waals surface area contributed by atoms with Gasteiger partial charge in [-0.15, -0.1) is 0 Å². The molecule has 108 valence electrons. The number of fused-ring (bicyclic) bond motifs is 1. The normalized spacial score (nSPS) is 23.4. The number of hydrogen-bond acceptors (Lipinski definition) is 4. The lowest BCUT2D eigenvalue weighted by atomic mass is 10.1. The van der Waals surface area contributed by atoms with Gasteiger partial charge in [-0.1, -0.05) is 15.9 Å². The summed E-state index contributed by atoms with van der Waals surface area (Å²) in [4.78, 5) is 16.4. The second kappa shape index (κ2) is 5.71. The highest BCUT2D eigenvalue weighted by Gasteiger charge is 2.27. The molecule has 2 N–H and O–H groups in total. The molecule has 6 heteroatoms. The largest absolute Gasteiger partial charge is 0.359 e. The number of nitrogens with one attached hydrogen (secondary N) is 2. The fraction of sp³-hybridized carbons (Fsp3) is 0.500. The first-order valence-corrected chi connectivity index (χ1v) is 7.68. The van der Waals surface area contributed by atoms with Gasteiger partial charge >= 0.3 is 0 Å². The van der Waals surface area contributed by atoms with E-state index in [9.17, 15) is 4.79 Å². The first-order valence-electron chi connectivity index (χ1n) is 6.89. The maximum absolute atomic E-state index is 11.9. The summed E-state index contributed by atoms with van der Waals surface area (Å²) in [5.74, 6) is 0.0574. The first kappa shape index (κ1) is 13.9. The zero-order chi connectivity index (χ0) is 14.1. The molecule has 1 aromatic carbocycles. The van der Waals surface area contributed by atoms with Crippen molar-refractivity contribution < 1.29 is 4.79 Å². The molecule has 1 unspecified atom stereocenters. The fourth-order valence-electron chi connectivity index (χ4n) is 2.82. The monoisotopic (exact) mass is 338 g/mol. The molecule has 3 rings (SSSR count). The van der Waals surface area contributed by atoms with E-state index >= 15 is 0 Å². The minimum absolute atomic E-state index is 0.0574. The summed E-state index contributed by atoms with van der Waals surface area (Å²) in [6.45, 7) is 4.36. The standard InChI is InChI=1S/C14H19BrN4O/c1-18-5-4-16-7-11(18)8-19-9-14(20)17-12-6-10(15)2-3-13(12)19/h2-3,6,11,16H,4-5,7-9H2,1H3,(H,17,20). The number of amides is 1. The number of carbonyl (C=O) groups is 1. The molecule has 1 aromatic rings. The van der Waals surface area contributed by atoms with E-state index in [1.807, 2.05) is 12.1 Å². The molecule has 0 aliphatic carbocycles. The van der Waals surface area contributed by atoms with Crippen LogP contribution >= 0.6 is 15.9 Å². The van der Waals surface area contributed by atoms with Crippen molar-refractivity contribution in [3.05, 3.63) is 22.7 Å². The number of hydrogen-bond donors (Lipinski definition) is 2. The van der Waals surface area contributed by atoms with Gasteiger partial charge < -0.3 is 15.5 Å². The predicted molar refractivity (Wildman–Crippen MR) is 84.3 cm³/mol. The third-order valence-corrected chi connectivity index (χ3v) is 4.48. The van der Waals surface area contributed by atoms with Crippen LogP contribution in [0.3, 0.4) is 0 Å². The Kier molecular flexibility index (Phi) is 3.96. The molecule has 2 aliphatic rings. The van der Waals surface area contributed by atoms with Crippen molar-refractivity contribution >= 4 is 33.2 Å². The maximum Gasteiger partial charge on any atom is 0.243 e. The molecule has 5 nitrogen and oxygen atoms in total. The highest BCUT2D eigenvalue weighted by molar-refractivity contribution is 9.10. The molecule has 0 aromatic heterocycles. The summed E-state index contributed by atoms with van der Waals surface area (Å²) in [7, 11) is 2.15. The van der Waals surface area contributed by atoms with Crippen molar-refractivity contribution in [2.24, 2.45) is 0 Å². The highest BCUT2D eigenvalue weighted by Crippen LogP contribution is 2.32. The summed E-state index contributed by atoms with van der Waals surface area (Å²) in [6, 6.07) is 6.48. The number of anilines is 2. The van der Waals surface area contributed by atoms with E-state index in [2.05, 4.69) is 49.5 Å². The quantitative estimate of drug-likeness (QED) is 0.848. The molecule has 0 radical (unpaired) electrons. The Morgan fingerprint density at radius 3 is 3.10 bits per heavy atom. The van der Waals surface area contributed by atoms with Crippen molar-refractivity contribution in [1.82, 2.24) is 10.2 Å². The van der Waals surface area contributed by atoms with E-state index in [-0.39, 0.29) is 5.91 Å². The molecule has 1 amide bonds. The highest BCUT2D eigenvalue weighted by atomic mass is 79.9. The van der Waals surface area contributed by atoms with Crippen LogP contribution in [0.1, 0.15) is 0 Å². The Labute approximate surface area is 127 Å². The van der Waals surface area contributed by atoms with Crippen molar-refractivity contribution in [2.45, 2.75) is 6.04 Å². The van der Waals surface area contributed by atoms with E-state index in [0.717, 1.165) is 42.0 Å². The van der Waals surface area contributed by atoms with Gasteiger partial charge in [0.05, 0.1) is 17.9 Å². The number of piperazine rings is 1. The average Bonchev–Trinajstić information content (AvgIpc) is 2.40. The lowest BCUT2D eigenvalue weighted by molar-refractivity contribution is -0.115. The molecule has 0 saturated carbocycles. The molecule has 1 fully saturated rings. The topological polar surface area (TPSA) is 47.6 Å². The van der Waals surface area contributed by atoms with E-state index in [1.54, 1.807) is 0 Å². The average molecular weight is 339 g/mol. The van der Waals surface area contributed by atoms with Gasteiger partial charge in [0.2, 0.25) is 5.91 Å². The maximum atomic E-state index is 11.9. The van der Waals surface area contributed by atoms with Crippen LogP contribution in [0.5, 0.6) is 0 Å². The Morgan fingerprint density at radius 2 is 2.30 bits per heavy atom. The first-order chi connectivity index (χ1) is 9.63. The van der Waals surface area contributed by atoms with Gasteiger partial charge in [0.1, 0.15) is 0 Å². The molecule has 20 heavy (non-hydrogen) atoms. The van der Waals surface area contributed by atoms with E-state index in [4.69, 9.17) is 0 Å². The van der Waals surface area contributed by atoms with Crippen LogP contribution in [-0.4, -0.2) is 56.6 Å². The third kappa shape index (κ3) is 2.82. The lowest BCUT2D eigenvalue weighted by Gasteiger charge is -2.39. The van der Waals surface area contributed by atoms with Crippen LogP contribution in [0.2, 0.25) is 0 Å². The number of halogens is 1. The van der Waals surface area contributed by atoms with Gasteiger partial charge in [-0.2, -0.15) is 0 Å². The van der Waals surface area contributed by atoms with E-state index in [1.165, 1.54) is 0 Å². The van der Waals surface area contributed by atoms with Crippen molar-refractivity contribution in [1.29, 1.82) is 0 Å². The number of nitrogens with zero attached hydrogens (tertiary/aromatic N) is 2. The van der Waals surface area contributed by atoms with Gasteiger partial charge in [0.25, 0.3) is 0 Å². The van der Waals surface area contributed by atoms with Crippen molar-refractivity contribution in [2.75, 3.05) is 50.0 Å². The smallest absolute Gasteiger partial charge is 0.243 e. The Bertz CT molecular complexity index is 522. The van der Waals surface area contributed by atoms with Crippen molar-refractivity contribution in [3.8, 4) is 0 Å². The van der Waals surface area contributed by atoms with Crippen LogP contribution in [0, 0.1) is 0 Å². The van der Waals surface area contributed by atoms with Crippen LogP contribution in [-0.2, 0) is 4.79 Å². The Hall–Kier alpha value is -1.11. The molecule has 0 bridgehead atoms. The van der Waals surface area contributed by atoms with Crippen LogP contribution < -0.4 is 15.5 Å². The van der Waals surface area contributed by atoms with Crippen LogP contribution in [0.15, 0.2) is 22.7 Å². The van der Waals surface area contributed by atoms with E-state index < -0.39 is 0 Å². The second-order valence-electron chi connectivity index (χ2n) is 5.43. The zero-order valence-corrected chi connectivity index (χ0v) is 13.1. The predicted octanol–water partition coefficient (Wildman–Crippen LogP) is 1.11. The Balaban J connectivity index is 1.81. The van der Waals surface area contributed by atoms with Gasteiger partial charge in [-0.3, -0.25) is 9.69 Å². The minimum atomic E-state index is 0.0574. The summed E-state index contributed by atoms with van der Waals surface area (Å²) < 4.78 is 0.981. The molecule has 0 spiro atoms. The fourth-order valence-corrected chi connectivity index (χ4v) is 3.18. The summed E-state index contributed by atoms with van der Waals surface area (Å²) >= 11 is 3.45. The van der Waals surface area contributed by atoms with Crippen molar-refractivity contribution in [3.63, 3.8) is 0 Å². The molecule has 2 aliphatic heterocycles. The third-order valence-electron chi connectivity index (χ3n) is 3.98. The van der Waals surface area contributed by atoms with Gasteiger partial charge in [-0.25, -0.2) is 0 Å². The number of likely N-dealkylation sites (N-methyl/N-ethyl adjacent to an activating group) is 1. The van der Waals surface area contributed by atoms with E-state index in [0.29, 0.717) is 12.6 Å². The van der Waals surface area contributed by atoms with Crippen LogP contribution in [0.4, 0.5) is 11.4 Å². The summed E-state index contributed by atoms with van der Waals surface area (Å²) in [5.41, 5.74) is 1.99. The number of carbonyl (C=O) groups excluding carboxylic acids is 1. The minimum Gasteiger partial charge on any atom is -0.359 e. The lowest BCUT2D eigenvalue weighted by Crippen LogP contribution is -2.55.